The summed E-state index contributed by atoms with van der Waals surface area (Å²) in [5, 5.41) is 3.00. The van der Waals surface area contributed by atoms with Crippen LogP contribution >= 0.6 is 0 Å². The Labute approximate surface area is 90.7 Å². The molecule has 1 rings (SSSR count). The third-order valence-corrected chi connectivity index (χ3v) is 2.76. The Morgan fingerprint density at radius 3 is 2.80 bits per heavy atom. The monoisotopic (exact) mass is 216 g/mol. The molecular formula is C10H20N2O3. The molecule has 0 aliphatic carbocycles. The van der Waals surface area contributed by atoms with Crippen molar-refractivity contribution in [3.05, 3.63) is 0 Å². The van der Waals surface area contributed by atoms with E-state index in [4.69, 9.17) is 9.47 Å². The Morgan fingerprint density at radius 1 is 1.60 bits per heavy atom. The predicted octanol–water partition coefficient (Wildman–Crippen LogP) is -0.532. The number of methoxy groups -OCH3 is 2. The van der Waals surface area contributed by atoms with Gasteiger partial charge in [-0.1, -0.05) is 0 Å². The van der Waals surface area contributed by atoms with Crippen molar-refractivity contribution in [3.63, 3.8) is 0 Å². The minimum absolute atomic E-state index is 0.0231. The fraction of sp³-hybridized carbons (Fsp3) is 0.900. The molecule has 1 N–H and O–H groups in total. The van der Waals surface area contributed by atoms with Gasteiger partial charge in [0, 0.05) is 27.3 Å². The van der Waals surface area contributed by atoms with Gasteiger partial charge >= 0.3 is 0 Å². The summed E-state index contributed by atoms with van der Waals surface area (Å²) in [6.07, 6.45) is 0.841. The third-order valence-electron chi connectivity index (χ3n) is 2.76. The molecule has 1 heterocycles. The lowest BCUT2D eigenvalue weighted by molar-refractivity contribution is -0.131. The SMILES string of the molecule is CNC1CCN(CC(COC)OC)C1=O. The zero-order chi connectivity index (χ0) is 11.3. The molecule has 2 unspecified atom stereocenters. The van der Waals surface area contributed by atoms with E-state index in [1.807, 2.05) is 11.9 Å². The first-order valence-electron chi connectivity index (χ1n) is 5.20. The molecular weight excluding hydrogens is 196 g/mol. The molecule has 1 aliphatic rings. The summed E-state index contributed by atoms with van der Waals surface area (Å²) >= 11 is 0. The van der Waals surface area contributed by atoms with Crippen LogP contribution in [-0.4, -0.2) is 63.9 Å². The number of nitrogens with zero attached hydrogens (tertiary/aromatic N) is 1. The molecule has 1 saturated heterocycles. The van der Waals surface area contributed by atoms with Gasteiger partial charge in [-0.05, 0) is 13.5 Å². The second-order valence-corrected chi connectivity index (χ2v) is 3.73. The highest BCUT2D eigenvalue weighted by atomic mass is 16.5. The standard InChI is InChI=1S/C10H20N2O3/c1-11-9-4-5-12(10(9)13)6-8(15-3)7-14-2/h8-9,11H,4-7H2,1-3H3. The topological polar surface area (TPSA) is 50.8 Å². The molecule has 0 spiro atoms. The second-order valence-electron chi connectivity index (χ2n) is 3.73. The molecule has 0 radical (unpaired) electrons. The summed E-state index contributed by atoms with van der Waals surface area (Å²) in [5.74, 6) is 0.163. The van der Waals surface area contributed by atoms with Crippen molar-refractivity contribution in [2.24, 2.45) is 0 Å². The number of nitrogens with one attached hydrogen (secondary N) is 1. The molecule has 88 valence electrons. The largest absolute Gasteiger partial charge is 0.382 e. The maximum absolute atomic E-state index is 11.8. The number of hydrogen-bond acceptors (Lipinski definition) is 4. The highest BCUT2D eigenvalue weighted by Crippen LogP contribution is 2.11. The molecule has 5 heteroatoms. The number of likely N-dealkylation sites (tertiary alicyclic amines) is 1. The highest BCUT2D eigenvalue weighted by molar-refractivity contribution is 5.83. The van der Waals surface area contributed by atoms with Gasteiger partial charge in [0.1, 0.15) is 0 Å². The van der Waals surface area contributed by atoms with Gasteiger partial charge in [0.25, 0.3) is 0 Å². The van der Waals surface area contributed by atoms with Crippen molar-refractivity contribution in [3.8, 4) is 0 Å². The number of hydrogen-bond donors (Lipinski definition) is 1. The summed E-state index contributed by atoms with van der Waals surface area (Å²) in [7, 11) is 5.09. The Balaban J connectivity index is 2.41. The van der Waals surface area contributed by atoms with Crippen LogP contribution in [0.3, 0.4) is 0 Å². The van der Waals surface area contributed by atoms with E-state index < -0.39 is 0 Å². The first-order chi connectivity index (χ1) is 7.22. The van der Waals surface area contributed by atoms with E-state index in [1.165, 1.54) is 0 Å². The summed E-state index contributed by atoms with van der Waals surface area (Å²) in [6.45, 7) is 1.93. The number of likely N-dealkylation sites (N-methyl/N-ethyl adjacent to an activating group) is 1. The van der Waals surface area contributed by atoms with Crippen LogP contribution in [0.15, 0.2) is 0 Å². The average Bonchev–Trinajstić information content (AvgIpc) is 2.59. The molecule has 0 aromatic carbocycles. The summed E-state index contributed by atoms with van der Waals surface area (Å²) < 4.78 is 10.2. The quantitative estimate of drug-likeness (QED) is 0.648. The molecule has 0 bridgehead atoms. The lowest BCUT2D eigenvalue weighted by Gasteiger charge is -2.22. The van der Waals surface area contributed by atoms with Gasteiger partial charge in [-0.15, -0.1) is 0 Å². The highest BCUT2D eigenvalue weighted by Gasteiger charge is 2.31. The fourth-order valence-electron chi connectivity index (χ4n) is 1.82. The van der Waals surface area contributed by atoms with Crippen LogP contribution in [0.25, 0.3) is 0 Å². The van der Waals surface area contributed by atoms with Crippen molar-refractivity contribution in [1.29, 1.82) is 0 Å². The maximum Gasteiger partial charge on any atom is 0.239 e. The number of carbonyl (C=O) groups is 1. The van der Waals surface area contributed by atoms with E-state index in [0.717, 1.165) is 13.0 Å². The second kappa shape index (κ2) is 6.05. The molecule has 5 nitrogen and oxygen atoms in total. The summed E-state index contributed by atoms with van der Waals surface area (Å²) in [6, 6.07) is -0.0231. The van der Waals surface area contributed by atoms with E-state index in [0.29, 0.717) is 13.2 Å². The molecule has 1 aliphatic heterocycles. The fourth-order valence-corrected chi connectivity index (χ4v) is 1.82. The van der Waals surface area contributed by atoms with Gasteiger partial charge in [0.2, 0.25) is 5.91 Å². The lowest BCUT2D eigenvalue weighted by atomic mass is 10.2. The molecule has 0 saturated carbocycles. The minimum Gasteiger partial charge on any atom is -0.382 e. The van der Waals surface area contributed by atoms with Gasteiger partial charge in [0.15, 0.2) is 0 Å². The molecule has 0 aromatic heterocycles. The van der Waals surface area contributed by atoms with Gasteiger partial charge in [-0.25, -0.2) is 0 Å². The van der Waals surface area contributed by atoms with Crippen LogP contribution in [0.4, 0.5) is 0 Å². The van der Waals surface area contributed by atoms with Crippen molar-refractivity contribution < 1.29 is 14.3 Å². The maximum atomic E-state index is 11.8. The van der Waals surface area contributed by atoms with E-state index in [-0.39, 0.29) is 18.1 Å². The van der Waals surface area contributed by atoms with Gasteiger partial charge < -0.3 is 19.7 Å². The third kappa shape index (κ3) is 3.15. The Morgan fingerprint density at radius 2 is 2.33 bits per heavy atom. The van der Waals surface area contributed by atoms with Crippen LogP contribution in [0.5, 0.6) is 0 Å². The summed E-state index contributed by atoms with van der Waals surface area (Å²) in [5.41, 5.74) is 0. The Kier molecular flexibility index (Phi) is 5.01. The van der Waals surface area contributed by atoms with Crippen LogP contribution in [0.2, 0.25) is 0 Å². The van der Waals surface area contributed by atoms with E-state index in [2.05, 4.69) is 5.32 Å². The van der Waals surface area contributed by atoms with Crippen molar-refractivity contribution in [2.75, 3.05) is 41.0 Å². The number of rotatable bonds is 6. The number of amides is 1. The van der Waals surface area contributed by atoms with Crippen LogP contribution in [0.1, 0.15) is 6.42 Å². The normalized spacial score (nSPS) is 23.5. The minimum atomic E-state index is -0.0328. The first-order valence-corrected chi connectivity index (χ1v) is 5.20. The molecule has 2 atom stereocenters. The van der Waals surface area contributed by atoms with Crippen LogP contribution < -0.4 is 5.32 Å². The zero-order valence-corrected chi connectivity index (χ0v) is 9.66. The molecule has 1 amide bonds. The first kappa shape index (κ1) is 12.4. The molecule has 15 heavy (non-hydrogen) atoms. The van der Waals surface area contributed by atoms with E-state index in [1.54, 1.807) is 14.2 Å². The van der Waals surface area contributed by atoms with E-state index >= 15 is 0 Å². The molecule has 1 fully saturated rings. The Bertz CT molecular complexity index is 211. The Hall–Kier alpha value is -0.650. The zero-order valence-electron chi connectivity index (χ0n) is 9.66. The lowest BCUT2D eigenvalue weighted by Crippen LogP contribution is -2.41. The van der Waals surface area contributed by atoms with Crippen molar-refractivity contribution in [1.82, 2.24) is 10.2 Å². The van der Waals surface area contributed by atoms with Gasteiger partial charge in [-0.2, -0.15) is 0 Å². The van der Waals surface area contributed by atoms with Crippen molar-refractivity contribution in [2.45, 2.75) is 18.6 Å². The van der Waals surface area contributed by atoms with Crippen molar-refractivity contribution >= 4 is 5.91 Å². The number of ether oxygens (including phenoxy) is 2. The van der Waals surface area contributed by atoms with Gasteiger partial charge in [0.05, 0.1) is 18.8 Å². The van der Waals surface area contributed by atoms with Gasteiger partial charge in [-0.3, -0.25) is 4.79 Å². The van der Waals surface area contributed by atoms with Crippen LogP contribution in [0, 0.1) is 0 Å². The smallest absolute Gasteiger partial charge is 0.239 e. The van der Waals surface area contributed by atoms with E-state index in [9.17, 15) is 4.79 Å². The predicted molar refractivity (Wildman–Crippen MR) is 56.7 cm³/mol. The summed E-state index contributed by atoms with van der Waals surface area (Å²) in [4.78, 5) is 13.6. The van der Waals surface area contributed by atoms with Crippen LogP contribution in [-0.2, 0) is 14.3 Å². The number of carbonyl (C=O) groups excluding carboxylic acids is 1. The average molecular weight is 216 g/mol. The molecule has 0 aromatic rings.